The predicted octanol–water partition coefficient (Wildman–Crippen LogP) is 3.48. The van der Waals surface area contributed by atoms with Crippen molar-refractivity contribution in [2.75, 3.05) is 5.32 Å². The largest absolute Gasteiger partial charge is 0.418 e. The van der Waals surface area contributed by atoms with E-state index in [-0.39, 0.29) is 11.5 Å². The van der Waals surface area contributed by atoms with Gasteiger partial charge >= 0.3 is 6.18 Å². The zero-order chi connectivity index (χ0) is 24.6. The number of carbonyl (C=O) groups is 1. The Morgan fingerprint density at radius 1 is 1.21 bits per heavy atom. The molecule has 0 aliphatic rings. The zero-order valence-electron chi connectivity index (χ0n) is 17.5. The fraction of sp³-hybridized carbons (Fsp3) is 0.263. The monoisotopic (exact) mass is 512 g/mol. The molecular weight excluding hydrogens is 497 g/mol. The van der Waals surface area contributed by atoms with E-state index in [0.717, 1.165) is 17.5 Å². The third-order valence-electron chi connectivity index (χ3n) is 4.72. The van der Waals surface area contributed by atoms with Gasteiger partial charge in [-0.2, -0.15) is 18.3 Å². The van der Waals surface area contributed by atoms with Crippen LogP contribution in [0.3, 0.4) is 0 Å². The molecule has 1 amide bonds. The number of aromatic nitrogens is 6. The Morgan fingerprint density at radius 2 is 1.97 bits per heavy atom. The Hall–Kier alpha value is -3.36. The number of pyridine rings is 1. The lowest BCUT2D eigenvalue weighted by atomic mass is 10.2. The number of carbonyl (C=O) groups excluding carboxylic acids is 1. The molecule has 1 unspecified atom stereocenters. The molecule has 0 bridgehead atoms. The highest BCUT2D eigenvalue weighted by atomic mass is 35.5. The highest BCUT2D eigenvalue weighted by Gasteiger charge is 2.34. The van der Waals surface area contributed by atoms with Crippen LogP contribution in [-0.4, -0.2) is 40.7 Å². The molecule has 0 saturated carbocycles. The lowest BCUT2D eigenvalue weighted by molar-refractivity contribution is -0.137. The SMILES string of the molecule is C[C@H](NC(=O)c1ncnc2c1cnn2C)c1ncc(C(O)Nc2cc(C(F)(F)F)c(Cl)cn2)s1. The zero-order valence-corrected chi connectivity index (χ0v) is 19.1. The van der Waals surface area contributed by atoms with E-state index in [0.29, 0.717) is 27.0 Å². The van der Waals surface area contributed by atoms with Crippen LogP contribution in [0.25, 0.3) is 11.0 Å². The molecule has 4 aromatic rings. The van der Waals surface area contributed by atoms with Gasteiger partial charge < -0.3 is 15.7 Å². The van der Waals surface area contributed by atoms with Crippen LogP contribution in [0.5, 0.6) is 0 Å². The molecule has 4 heterocycles. The summed E-state index contributed by atoms with van der Waals surface area (Å²) in [5.74, 6) is -0.682. The molecule has 178 valence electrons. The van der Waals surface area contributed by atoms with Crippen molar-refractivity contribution in [3.63, 3.8) is 0 Å². The van der Waals surface area contributed by atoms with Gasteiger partial charge in [-0.1, -0.05) is 11.6 Å². The van der Waals surface area contributed by atoms with E-state index >= 15 is 0 Å². The standard InChI is InChI=1S/C19H16ClF3N8O2S/c1-8(29-17(33)14-9-4-28-31(2)15(9)27-7-26-14)18-25-6-12(34-18)16(32)30-13-3-10(19(21,22)23)11(20)5-24-13/h3-8,16,32H,1-2H3,(H,24,30)(H,29,33)/t8-,16?/m0/s1. The first-order valence-electron chi connectivity index (χ1n) is 9.61. The van der Waals surface area contributed by atoms with Gasteiger partial charge in [-0.3, -0.25) is 9.48 Å². The van der Waals surface area contributed by atoms with E-state index in [1.54, 1.807) is 14.0 Å². The number of rotatable bonds is 6. The summed E-state index contributed by atoms with van der Waals surface area (Å²) in [4.78, 5) is 29.1. The van der Waals surface area contributed by atoms with E-state index in [4.69, 9.17) is 11.6 Å². The first-order chi connectivity index (χ1) is 16.0. The van der Waals surface area contributed by atoms with E-state index in [9.17, 15) is 23.1 Å². The van der Waals surface area contributed by atoms with Gasteiger partial charge in [0.1, 0.15) is 22.8 Å². The molecule has 4 rings (SSSR count). The van der Waals surface area contributed by atoms with Crippen LogP contribution in [0.2, 0.25) is 5.02 Å². The summed E-state index contributed by atoms with van der Waals surface area (Å²) >= 11 is 6.63. The molecule has 0 aliphatic carbocycles. The maximum atomic E-state index is 13.0. The first kappa shape index (κ1) is 23.8. The van der Waals surface area contributed by atoms with Crippen LogP contribution in [-0.2, 0) is 13.2 Å². The van der Waals surface area contributed by atoms with E-state index in [1.807, 2.05) is 0 Å². The summed E-state index contributed by atoms with van der Waals surface area (Å²) < 4.78 is 40.6. The van der Waals surface area contributed by atoms with E-state index < -0.39 is 34.9 Å². The smallest absolute Gasteiger partial charge is 0.369 e. The number of amides is 1. The summed E-state index contributed by atoms with van der Waals surface area (Å²) in [5.41, 5.74) is -0.423. The van der Waals surface area contributed by atoms with Crippen molar-refractivity contribution in [2.45, 2.75) is 25.4 Å². The molecule has 0 radical (unpaired) electrons. The summed E-state index contributed by atoms with van der Waals surface area (Å²) in [6.45, 7) is 1.69. The topological polar surface area (TPSA) is 131 Å². The number of anilines is 1. The van der Waals surface area contributed by atoms with Gasteiger partial charge in [-0.25, -0.2) is 19.9 Å². The second kappa shape index (κ2) is 9.12. The van der Waals surface area contributed by atoms with Gasteiger partial charge in [0.25, 0.3) is 5.91 Å². The van der Waals surface area contributed by atoms with E-state index in [1.165, 1.54) is 23.4 Å². The summed E-state index contributed by atoms with van der Waals surface area (Å²) in [6.07, 6.45) is -1.10. The van der Waals surface area contributed by atoms with Gasteiger partial charge in [0, 0.05) is 19.4 Å². The number of aliphatic hydroxyl groups is 1. The normalized spacial score (nSPS) is 13.6. The number of hydrogen-bond donors (Lipinski definition) is 3. The Bertz CT molecular complexity index is 1360. The minimum atomic E-state index is -4.67. The first-order valence-corrected chi connectivity index (χ1v) is 10.8. The maximum absolute atomic E-state index is 13.0. The highest BCUT2D eigenvalue weighted by Crippen LogP contribution is 2.36. The number of hydrogen-bond acceptors (Lipinski definition) is 9. The number of fused-ring (bicyclic) bond motifs is 1. The van der Waals surface area contributed by atoms with Gasteiger partial charge in [-0.05, 0) is 13.0 Å². The van der Waals surface area contributed by atoms with Crippen molar-refractivity contribution >= 4 is 45.7 Å². The molecule has 34 heavy (non-hydrogen) atoms. The minimum Gasteiger partial charge on any atom is -0.369 e. The van der Waals surface area contributed by atoms with Crippen molar-refractivity contribution in [2.24, 2.45) is 7.05 Å². The second-order valence-corrected chi connectivity index (χ2v) is 8.62. The van der Waals surface area contributed by atoms with Crippen LogP contribution in [0.4, 0.5) is 19.0 Å². The number of aryl methyl sites for hydroxylation is 1. The lowest BCUT2D eigenvalue weighted by Crippen LogP contribution is -2.27. The molecule has 0 spiro atoms. The predicted molar refractivity (Wildman–Crippen MR) is 117 cm³/mol. The molecule has 15 heteroatoms. The van der Waals surface area contributed by atoms with Crippen molar-refractivity contribution in [3.05, 3.63) is 57.1 Å². The van der Waals surface area contributed by atoms with Crippen LogP contribution in [0.1, 0.15) is 45.1 Å². The molecule has 0 aromatic carbocycles. The molecule has 4 aromatic heterocycles. The third-order valence-corrected chi connectivity index (χ3v) is 6.25. The quantitative estimate of drug-likeness (QED) is 0.335. The molecule has 0 saturated heterocycles. The average molecular weight is 513 g/mol. The Kier molecular flexibility index (Phi) is 6.38. The average Bonchev–Trinajstić information content (AvgIpc) is 3.42. The second-order valence-electron chi connectivity index (χ2n) is 7.12. The van der Waals surface area contributed by atoms with Crippen molar-refractivity contribution in [1.29, 1.82) is 0 Å². The number of thiazole rings is 1. The molecule has 0 aliphatic heterocycles. The van der Waals surface area contributed by atoms with Crippen molar-refractivity contribution < 1.29 is 23.1 Å². The van der Waals surface area contributed by atoms with E-state index in [2.05, 4.69) is 35.7 Å². The Balaban J connectivity index is 1.46. The summed E-state index contributed by atoms with van der Waals surface area (Å²) in [5, 5.41) is 20.1. The third kappa shape index (κ3) is 4.78. The Labute approximate surface area is 198 Å². The molecule has 10 nitrogen and oxygen atoms in total. The number of nitrogens with zero attached hydrogens (tertiary/aromatic N) is 6. The maximum Gasteiger partial charge on any atom is 0.418 e. The molecule has 2 atom stereocenters. The molecule has 3 N–H and O–H groups in total. The number of aliphatic hydroxyl groups excluding tert-OH is 1. The fourth-order valence-electron chi connectivity index (χ4n) is 3.04. The number of halogens is 4. The van der Waals surface area contributed by atoms with Gasteiger partial charge in [-0.15, -0.1) is 11.3 Å². The van der Waals surface area contributed by atoms with Crippen LogP contribution in [0, 0.1) is 0 Å². The Morgan fingerprint density at radius 3 is 2.71 bits per heavy atom. The lowest BCUT2D eigenvalue weighted by Gasteiger charge is -2.14. The highest BCUT2D eigenvalue weighted by molar-refractivity contribution is 7.11. The van der Waals surface area contributed by atoms with Crippen LogP contribution < -0.4 is 10.6 Å². The van der Waals surface area contributed by atoms with Crippen molar-refractivity contribution in [3.8, 4) is 0 Å². The molecule has 0 fully saturated rings. The van der Waals surface area contributed by atoms with Gasteiger partial charge in [0.2, 0.25) is 0 Å². The van der Waals surface area contributed by atoms with Crippen molar-refractivity contribution in [1.82, 2.24) is 35.0 Å². The number of nitrogens with one attached hydrogen (secondary N) is 2. The van der Waals surface area contributed by atoms with Crippen LogP contribution >= 0.6 is 22.9 Å². The van der Waals surface area contributed by atoms with Gasteiger partial charge in [0.15, 0.2) is 11.9 Å². The molecular formula is C19H16ClF3N8O2S. The van der Waals surface area contributed by atoms with Gasteiger partial charge in [0.05, 0.1) is 33.1 Å². The summed E-state index contributed by atoms with van der Waals surface area (Å²) in [6, 6.07) is 0.155. The summed E-state index contributed by atoms with van der Waals surface area (Å²) in [7, 11) is 1.69. The number of alkyl halides is 3. The minimum absolute atomic E-state index is 0.151. The van der Waals surface area contributed by atoms with Crippen LogP contribution in [0.15, 0.2) is 31.0 Å². The fourth-order valence-corrected chi connectivity index (χ4v) is 4.11.